The molecule has 4 nitrogen and oxygen atoms in total. The number of hydrogen-bond acceptors (Lipinski definition) is 3. The molecule has 0 radical (unpaired) electrons. The average Bonchev–Trinajstić information content (AvgIpc) is 2.05. The van der Waals surface area contributed by atoms with Gasteiger partial charge >= 0.3 is 0 Å². The van der Waals surface area contributed by atoms with Crippen LogP contribution < -0.4 is 0 Å². The van der Waals surface area contributed by atoms with Crippen LogP contribution in [-0.4, -0.2) is 29.8 Å². The van der Waals surface area contributed by atoms with Crippen molar-refractivity contribution in [3.63, 3.8) is 0 Å². The Hall–Kier alpha value is -0.810. The van der Waals surface area contributed by atoms with Crippen LogP contribution in [0.2, 0.25) is 0 Å². The third-order valence-electron chi connectivity index (χ3n) is 1.90. The van der Waals surface area contributed by atoms with E-state index in [9.17, 15) is 8.42 Å². The van der Waals surface area contributed by atoms with Gasteiger partial charge < -0.3 is 4.90 Å². The molecule has 1 rings (SSSR count). The highest BCUT2D eigenvalue weighted by molar-refractivity contribution is 7.86. The van der Waals surface area contributed by atoms with Crippen LogP contribution in [0, 0.1) is 0 Å². The Balaban J connectivity index is 2.79. The Morgan fingerprint density at radius 3 is 2.62 bits per heavy atom. The fourth-order valence-electron chi connectivity index (χ4n) is 1.31. The van der Waals surface area contributed by atoms with Crippen LogP contribution in [-0.2, 0) is 10.1 Å². The summed E-state index contributed by atoms with van der Waals surface area (Å²) in [6.45, 7) is 2.25. The zero-order valence-corrected chi connectivity index (χ0v) is 8.24. The largest absolute Gasteiger partial charge is 0.355 e. The number of nitrogens with zero attached hydrogens (tertiary/aromatic N) is 1. The number of hydrogen-bond donors (Lipinski definition) is 1. The van der Waals surface area contributed by atoms with Crippen LogP contribution in [0.3, 0.4) is 0 Å². The molecule has 0 aromatic carbocycles. The van der Waals surface area contributed by atoms with Gasteiger partial charge in [0, 0.05) is 12.7 Å². The van der Waals surface area contributed by atoms with E-state index in [0.717, 1.165) is 0 Å². The van der Waals surface area contributed by atoms with Gasteiger partial charge in [-0.25, -0.2) is 0 Å². The van der Waals surface area contributed by atoms with Gasteiger partial charge in [0.15, 0.2) is 5.37 Å². The highest BCUT2D eigenvalue weighted by Gasteiger charge is 2.25. The second-order valence-electron chi connectivity index (χ2n) is 2.84. The molecule has 1 atom stereocenters. The Bertz CT molecular complexity index is 318. The predicted octanol–water partition coefficient (Wildman–Crippen LogP) is 0.996. The first-order valence-corrected chi connectivity index (χ1v) is 5.61. The lowest BCUT2D eigenvalue weighted by atomic mass is 10.3. The van der Waals surface area contributed by atoms with Crippen molar-refractivity contribution in [1.29, 1.82) is 0 Å². The second-order valence-corrected chi connectivity index (χ2v) is 4.42. The third kappa shape index (κ3) is 2.57. The fraction of sp³-hybridized carbons (Fsp3) is 0.500. The molecular weight excluding hydrogens is 190 g/mol. The van der Waals surface area contributed by atoms with E-state index in [1.165, 1.54) is 0 Å². The minimum Gasteiger partial charge on any atom is -0.355 e. The lowest BCUT2D eigenvalue weighted by Gasteiger charge is -2.27. The van der Waals surface area contributed by atoms with Crippen molar-refractivity contribution in [3.05, 3.63) is 24.4 Å². The van der Waals surface area contributed by atoms with Crippen LogP contribution in [0.15, 0.2) is 24.4 Å². The topological polar surface area (TPSA) is 57.6 Å². The minimum absolute atomic E-state index is 0.372. The van der Waals surface area contributed by atoms with E-state index in [4.69, 9.17) is 4.55 Å². The van der Waals surface area contributed by atoms with Gasteiger partial charge in [-0.1, -0.05) is 19.1 Å². The molecule has 0 saturated heterocycles. The van der Waals surface area contributed by atoms with Crippen molar-refractivity contribution in [3.8, 4) is 0 Å². The molecule has 0 aromatic heterocycles. The SMILES string of the molecule is CCC(N1C=CC=CC1)S(=O)(=O)O. The standard InChI is InChI=1S/C8H13NO3S/c1-2-8(13(10,11)12)9-6-4-3-5-7-9/h3-6,8H,2,7H2,1H3,(H,10,11,12). The highest BCUT2D eigenvalue weighted by Crippen LogP contribution is 2.13. The van der Waals surface area contributed by atoms with Crippen molar-refractivity contribution in [2.45, 2.75) is 18.7 Å². The van der Waals surface area contributed by atoms with Gasteiger partial charge in [0.25, 0.3) is 10.1 Å². The van der Waals surface area contributed by atoms with Gasteiger partial charge in [0.2, 0.25) is 0 Å². The number of rotatable bonds is 3. The van der Waals surface area contributed by atoms with Gasteiger partial charge in [-0.05, 0) is 12.5 Å². The fourth-order valence-corrected chi connectivity index (χ4v) is 2.23. The van der Waals surface area contributed by atoms with Crippen LogP contribution in [0.4, 0.5) is 0 Å². The summed E-state index contributed by atoms with van der Waals surface area (Å²) in [5.74, 6) is 0. The Kier molecular flexibility index (Phi) is 3.11. The first kappa shape index (κ1) is 10.3. The van der Waals surface area contributed by atoms with Gasteiger partial charge in [-0.15, -0.1) is 0 Å². The van der Waals surface area contributed by atoms with Crippen molar-refractivity contribution in [1.82, 2.24) is 4.90 Å². The molecular formula is C8H13NO3S. The second kappa shape index (κ2) is 3.93. The lowest BCUT2D eigenvalue weighted by molar-refractivity contribution is 0.334. The molecule has 0 spiro atoms. The van der Waals surface area contributed by atoms with Gasteiger partial charge in [0.05, 0.1) is 0 Å². The van der Waals surface area contributed by atoms with Crippen molar-refractivity contribution >= 4 is 10.1 Å². The van der Waals surface area contributed by atoms with E-state index in [-0.39, 0.29) is 0 Å². The zero-order chi connectivity index (χ0) is 9.90. The summed E-state index contributed by atoms with van der Waals surface area (Å²) in [6, 6.07) is 0. The van der Waals surface area contributed by atoms with E-state index in [0.29, 0.717) is 13.0 Å². The Labute approximate surface area is 78.3 Å². The summed E-state index contributed by atoms with van der Waals surface area (Å²) in [5, 5.41) is -0.825. The minimum atomic E-state index is -3.97. The summed E-state index contributed by atoms with van der Waals surface area (Å²) in [6.07, 6.45) is 7.47. The van der Waals surface area contributed by atoms with Crippen molar-refractivity contribution in [2.75, 3.05) is 6.54 Å². The van der Waals surface area contributed by atoms with Crippen molar-refractivity contribution < 1.29 is 13.0 Å². The van der Waals surface area contributed by atoms with E-state index in [1.807, 2.05) is 12.2 Å². The molecule has 1 unspecified atom stereocenters. The average molecular weight is 203 g/mol. The first-order chi connectivity index (χ1) is 6.05. The van der Waals surface area contributed by atoms with E-state index < -0.39 is 15.5 Å². The smallest absolute Gasteiger partial charge is 0.286 e. The maximum absolute atomic E-state index is 10.9. The molecule has 0 bridgehead atoms. The molecule has 1 aliphatic heterocycles. The quantitative estimate of drug-likeness (QED) is 0.695. The van der Waals surface area contributed by atoms with Crippen LogP contribution in [0.5, 0.6) is 0 Å². The van der Waals surface area contributed by atoms with E-state index in [1.54, 1.807) is 24.1 Å². The van der Waals surface area contributed by atoms with Gasteiger partial charge in [-0.2, -0.15) is 8.42 Å². The maximum Gasteiger partial charge on any atom is 0.286 e. The van der Waals surface area contributed by atoms with Gasteiger partial charge in [-0.3, -0.25) is 4.55 Å². The van der Waals surface area contributed by atoms with Gasteiger partial charge in [0.1, 0.15) is 0 Å². The molecule has 0 aromatic rings. The molecule has 74 valence electrons. The maximum atomic E-state index is 10.9. The van der Waals surface area contributed by atoms with E-state index >= 15 is 0 Å². The summed E-state index contributed by atoms with van der Waals surface area (Å²) in [7, 11) is -3.97. The molecule has 1 aliphatic rings. The number of allylic oxidation sites excluding steroid dienone is 2. The third-order valence-corrected chi connectivity index (χ3v) is 3.20. The lowest BCUT2D eigenvalue weighted by Crippen LogP contribution is -2.37. The predicted molar refractivity (Wildman–Crippen MR) is 50.6 cm³/mol. The normalized spacial score (nSPS) is 19.1. The molecule has 0 amide bonds. The summed E-state index contributed by atoms with van der Waals surface area (Å²) in [4.78, 5) is 1.59. The monoisotopic (exact) mass is 203 g/mol. The molecule has 0 fully saturated rings. The first-order valence-electron chi connectivity index (χ1n) is 4.11. The summed E-state index contributed by atoms with van der Waals surface area (Å²) >= 11 is 0. The van der Waals surface area contributed by atoms with Crippen LogP contribution in [0.25, 0.3) is 0 Å². The molecule has 1 heterocycles. The summed E-state index contributed by atoms with van der Waals surface area (Å²) in [5.41, 5.74) is 0. The Morgan fingerprint density at radius 2 is 2.23 bits per heavy atom. The Morgan fingerprint density at radius 1 is 1.54 bits per heavy atom. The highest BCUT2D eigenvalue weighted by atomic mass is 32.2. The molecule has 0 saturated carbocycles. The van der Waals surface area contributed by atoms with Crippen molar-refractivity contribution in [2.24, 2.45) is 0 Å². The zero-order valence-electron chi connectivity index (χ0n) is 7.42. The summed E-state index contributed by atoms with van der Waals surface area (Å²) < 4.78 is 30.7. The van der Waals surface area contributed by atoms with Crippen LogP contribution in [0.1, 0.15) is 13.3 Å². The molecule has 0 aliphatic carbocycles. The van der Waals surface area contributed by atoms with E-state index in [2.05, 4.69) is 0 Å². The van der Waals surface area contributed by atoms with Crippen LogP contribution >= 0.6 is 0 Å². The molecule has 13 heavy (non-hydrogen) atoms. The molecule has 1 N–H and O–H groups in total. The molecule has 5 heteroatoms.